The first-order valence-electron chi connectivity index (χ1n) is 12.9. The second-order valence-corrected chi connectivity index (χ2v) is 11.3. The van der Waals surface area contributed by atoms with Crippen LogP contribution in [0.3, 0.4) is 0 Å². The molecule has 0 spiro atoms. The number of ketones is 4. The molecule has 5 rings (SSSR count). The zero-order valence-corrected chi connectivity index (χ0v) is 22.6. The number of aromatic nitrogens is 2. The Bertz CT molecular complexity index is 1440. The number of phenolic OH excluding ortho intramolecular Hbond substituents is 1. The number of benzene rings is 1. The number of amides is 1. The van der Waals surface area contributed by atoms with Crippen LogP contribution in [0.2, 0.25) is 0 Å². The third-order valence-electron chi connectivity index (χ3n) is 8.55. The Morgan fingerprint density at radius 1 is 1.20 bits per heavy atom. The zero-order valence-electron chi connectivity index (χ0n) is 22.6. The Morgan fingerprint density at radius 2 is 1.90 bits per heavy atom. The van der Waals surface area contributed by atoms with Gasteiger partial charge in [-0.25, -0.2) is 0 Å². The number of fused-ring (bicyclic) bond motifs is 3. The van der Waals surface area contributed by atoms with Crippen LogP contribution in [0, 0.1) is 23.7 Å². The summed E-state index contributed by atoms with van der Waals surface area (Å²) >= 11 is 0. The number of nitrogens with two attached hydrogens (primary N) is 1. The maximum atomic E-state index is 14.0. The van der Waals surface area contributed by atoms with E-state index in [9.17, 15) is 34.2 Å². The molecule has 1 amide bonds. The summed E-state index contributed by atoms with van der Waals surface area (Å²) in [5.41, 5.74) is 4.71. The predicted octanol–water partition coefficient (Wildman–Crippen LogP) is -0.732. The molecule has 13 nitrogen and oxygen atoms in total. The fourth-order valence-corrected chi connectivity index (χ4v) is 6.76. The first-order valence-corrected chi connectivity index (χ1v) is 12.9. The molecule has 1 heterocycles. The van der Waals surface area contributed by atoms with Gasteiger partial charge in [0.25, 0.3) is 0 Å². The molecular formula is C27H32N6O7. The van der Waals surface area contributed by atoms with Crippen LogP contribution in [-0.2, 0) is 32.1 Å². The molecule has 2 aromatic rings. The summed E-state index contributed by atoms with van der Waals surface area (Å²) in [6, 6.07) is 2.32. The Balaban J connectivity index is 1.61. The Kier molecular flexibility index (Phi) is 6.54. The SMILES string of the molecule is CN(C)c1cc(NCc2ccn[nH]2)c(O)c2c1C[C@H]1C[C@H]3[C@H](N(C)C)C(=O)C(C(N)=O)C(=O)[C@@]3(O)C(=O)C1C2=O. The first kappa shape index (κ1) is 27.5. The number of hydrogen-bond donors (Lipinski definition) is 5. The van der Waals surface area contributed by atoms with Crippen molar-refractivity contribution in [3.8, 4) is 5.75 Å². The van der Waals surface area contributed by atoms with Gasteiger partial charge < -0.3 is 26.2 Å². The lowest BCUT2D eigenvalue weighted by Gasteiger charge is -2.52. The minimum atomic E-state index is -2.76. The quantitative estimate of drug-likeness (QED) is 0.224. The Labute approximate surface area is 229 Å². The number of aliphatic hydroxyl groups is 1. The van der Waals surface area contributed by atoms with Crippen molar-refractivity contribution in [2.24, 2.45) is 29.4 Å². The van der Waals surface area contributed by atoms with E-state index in [0.717, 1.165) is 5.69 Å². The van der Waals surface area contributed by atoms with E-state index in [1.807, 2.05) is 0 Å². The normalized spacial score (nSPS) is 29.6. The Morgan fingerprint density at radius 3 is 2.48 bits per heavy atom. The molecule has 1 aromatic heterocycles. The molecule has 40 heavy (non-hydrogen) atoms. The maximum Gasteiger partial charge on any atom is 0.235 e. The van der Waals surface area contributed by atoms with Crippen LogP contribution in [-0.4, -0.2) is 94.2 Å². The number of hydrogen-bond acceptors (Lipinski definition) is 11. The average molecular weight is 553 g/mol. The van der Waals surface area contributed by atoms with Gasteiger partial charge in [0, 0.05) is 31.9 Å². The third kappa shape index (κ3) is 3.83. The number of carbonyl (C=O) groups is 5. The van der Waals surface area contributed by atoms with Crippen LogP contribution in [0.1, 0.15) is 28.0 Å². The third-order valence-corrected chi connectivity index (χ3v) is 8.55. The van der Waals surface area contributed by atoms with Crippen LogP contribution in [0.25, 0.3) is 0 Å². The summed E-state index contributed by atoms with van der Waals surface area (Å²) in [4.78, 5) is 70.0. The van der Waals surface area contributed by atoms with Crippen molar-refractivity contribution in [1.29, 1.82) is 0 Å². The number of nitrogens with one attached hydrogen (secondary N) is 2. The number of anilines is 2. The summed E-state index contributed by atoms with van der Waals surface area (Å²) in [6.07, 6.45) is 1.76. The molecule has 6 atom stereocenters. The van der Waals surface area contributed by atoms with E-state index in [1.165, 1.54) is 4.90 Å². The lowest BCUT2D eigenvalue weighted by molar-refractivity contribution is -0.181. The minimum Gasteiger partial charge on any atom is -0.505 e. The first-order chi connectivity index (χ1) is 18.8. The van der Waals surface area contributed by atoms with E-state index in [4.69, 9.17) is 5.73 Å². The van der Waals surface area contributed by atoms with Crippen LogP contribution < -0.4 is 16.0 Å². The monoisotopic (exact) mass is 552 g/mol. The van der Waals surface area contributed by atoms with E-state index in [2.05, 4.69) is 15.5 Å². The summed E-state index contributed by atoms with van der Waals surface area (Å²) in [5.74, 6) is -10.7. The minimum absolute atomic E-state index is 0.00263. The molecule has 212 valence electrons. The van der Waals surface area contributed by atoms with Crippen LogP contribution in [0.5, 0.6) is 5.75 Å². The second-order valence-electron chi connectivity index (χ2n) is 11.3. The van der Waals surface area contributed by atoms with Gasteiger partial charge in [0.05, 0.1) is 35.4 Å². The van der Waals surface area contributed by atoms with Crippen molar-refractivity contribution in [3.63, 3.8) is 0 Å². The summed E-state index contributed by atoms with van der Waals surface area (Å²) < 4.78 is 0. The number of Topliss-reactive ketones (excluding diaryl/α,β-unsaturated/α-hetero) is 4. The van der Waals surface area contributed by atoms with Crippen molar-refractivity contribution in [3.05, 3.63) is 35.2 Å². The van der Waals surface area contributed by atoms with Crippen molar-refractivity contribution >= 4 is 40.4 Å². The molecule has 13 heteroatoms. The maximum absolute atomic E-state index is 14.0. The largest absolute Gasteiger partial charge is 0.505 e. The summed E-state index contributed by atoms with van der Waals surface area (Å²) in [6.45, 7) is 0.267. The summed E-state index contributed by atoms with van der Waals surface area (Å²) in [5, 5.41) is 32.7. The highest BCUT2D eigenvalue weighted by molar-refractivity contribution is 6.32. The fourth-order valence-electron chi connectivity index (χ4n) is 6.76. The van der Waals surface area contributed by atoms with E-state index in [1.54, 1.807) is 51.4 Å². The molecule has 3 aliphatic rings. The van der Waals surface area contributed by atoms with E-state index < -0.39 is 64.4 Å². The molecule has 0 radical (unpaired) electrons. The number of primary amides is 1. The van der Waals surface area contributed by atoms with Crippen LogP contribution in [0.15, 0.2) is 18.3 Å². The van der Waals surface area contributed by atoms with Gasteiger partial charge in [-0.15, -0.1) is 0 Å². The fraction of sp³-hybridized carbons (Fsp3) is 0.481. The molecule has 2 saturated carbocycles. The highest BCUT2D eigenvalue weighted by atomic mass is 16.3. The number of phenols is 1. The van der Waals surface area contributed by atoms with Crippen molar-refractivity contribution in [2.75, 3.05) is 38.4 Å². The highest BCUT2D eigenvalue weighted by Crippen LogP contribution is 2.52. The number of H-pyrrole nitrogens is 1. The van der Waals surface area contributed by atoms with Crippen molar-refractivity contribution in [2.45, 2.75) is 31.0 Å². The van der Waals surface area contributed by atoms with Gasteiger partial charge in [-0.1, -0.05) is 0 Å². The molecule has 2 fully saturated rings. The van der Waals surface area contributed by atoms with Gasteiger partial charge in [0.2, 0.25) is 5.91 Å². The molecule has 3 aliphatic carbocycles. The highest BCUT2D eigenvalue weighted by Gasteiger charge is 2.69. The van der Waals surface area contributed by atoms with Gasteiger partial charge in [-0.2, -0.15) is 5.10 Å². The van der Waals surface area contributed by atoms with Gasteiger partial charge >= 0.3 is 0 Å². The number of carbonyl (C=O) groups excluding carboxylic acids is 5. The van der Waals surface area contributed by atoms with Gasteiger partial charge in [0.15, 0.2) is 34.7 Å². The molecule has 1 aromatic carbocycles. The van der Waals surface area contributed by atoms with E-state index in [-0.39, 0.29) is 36.4 Å². The van der Waals surface area contributed by atoms with Crippen LogP contribution in [0.4, 0.5) is 11.4 Å². The molecule has 2 unspecified atom stereocenters. The van der Waals surface area contributed by atoms with Gasteiger partial charge in [-0.3, -0.25) is 34.0 Å². The van der Waals surface area contributed by atoms with Crippen LogP contribution >= 0.6 is 0 Å². The molecular weight excluding hydrogens is 520 g/mol. The summed E-state index contributed by atoms with van der Waals surface area (Å²) in [7, 11) is 6.68. The standard InChI is InChI=1S/C27H32N6O7/c1-32(2)16-9-15(29-10-12-5-6-30-31-12)21(34)18-13(16)7-11-8-14-20(33(3)4)23(36)19(26(28)39)25(38)27(14,40)24(37)17(11)22(18)35/h5-6,9,11,14,17,19-20,29,34,40H,7-8,10H2,1-4H3,(H2,28,39)(H,30,31)/t11-,14-,17?,19?,20-,27-/m0/s1. The van der Waals surface area contributed by atoms with Crippen molar-refractivity contribution < 1.29 is 34.2 Å². The average Bonchev–Trinajstić information content (AvgIpc) is 3.39. The molecule has 6 N–H and O–H groups in total. The lowest BCUT2D eigenvalue weighted by Crippen LogP contribution is -2.74. The zero-order chi connectivity index (χ0) is 29.3. The number of aromatic hydroxyl groups is 1. The lowest BCUT2D eigenvalue weighted by atomic mass is 9.52. The van der Waals surface area contributed by atoms with Crippen molar-refractivity contribution in [1.82, 2.24) is 15.1 Å². The van der Waals surface area contributed by atoms with E-state index >= 15 is 0 Å². The second kappa shape index (κ2) is 9.52. The van der Waals surface area contributed by atoms with Gasteiger partial charge in [0.1, 0.15) is 5.75 Å². The molecule has 0 saturated heterocycles. The number of aromatic amines is 1. The number of likely N-dealkylation sites (N-methyl/N-ethyl adjacent to an activating group) is 1. The molecule has 0 aliphatic heterocycles. The number of nitrogens with zero attached hydrogens (tertiary/aromatic N) is 3. The van der Waals surface area contributed by atoms with Gasteiger partial charge in [-0.05, 0) is 50.6 Å². The number of rotatable bonds is 6. The van der Waals surface area contributed by atoms with E-state index in [0.29, 0.717) is 11.3 Å². The smallest absolute Gasteiger partial charge is 0.235 e. The molecule has 0 bridgehead atoms. The predicted molar refractivity (Wildman–Crippen MR) is 142 cm³/mol. The Hall–Kier alpha value is -4.10. The topological polar surface area (TPSA) is 199 Å².